The number of sulfonamides is 1. The SMILES string of the molecule is COC(=O)CS(=O)(=O)Nc1ccc(C(O)CNC(C)C)cc1. The van der Waals surface area contributed by atoms with Crippen LogP contribution in [-0.2, 0) is 19.6 Å². The van der Waals surface area contributed by atoms with Gasteiger partial charge in [0.25, 0.3) is 0 Å². The van der Waals surface area contributed by atoms with Crippen LogP contribution < -0.4 is 10.0 Å². The van der Waals surface area contributed by atoms with E-state index in [0.717, 1.165) is 7.11 Å². The van der Waals surface area contributed by atoms with Gasteiger partial charge in [0.05, 0.1) is 13.2 Å². The van der Waals surface area contributed by atoms with E-state index in [4.69, 9.17) is 0 Å². The highest BCUT2D eigenvalue weighted by atomic mass is 32.2. The molecular formula is C14H22N2O5S. The fourth-order valence-corrected chi connectivity index (χ4v) is 2.66. The van der Waals surface area contributed by atoms with E-state index in [1.54, 1.807) is 12.1 Å². The van der Waals surface area contributed by atoms with Gasteiger partial charge in [-0.1, -0.05) is 26.0 Å². The number of hydrogen-bond acceptors (Lipinski definition) is 6. The minimum atomic E-state index is -3.80. The fraction of sp³-hybridized carbons (Fsp3) is 0.500. The molecule has 0 spiro atoms. The van der Waals surface area contributed by atoms with Gasteiger partial charge >= 0.3 is 5.97 Å². The molecule has 0 aromatic heterocycles. The average molecular weight is 330 g/mol. The normalized spacial score (nSPS) is 13.0. The second-order valence-electron chi connectivity index (χ2n) is 5.14. The van der Waals surface area contributed by atoms with Crippen molar-refractivity contribution in [2.75, 3.05) is 24.1 Å². The Kier molecular flexibility index (Phi) is 6.79. The topological polar surface area (TPSA) is 105 Å². The Morgan fingerprint density at radius 3 is 2.36 bits per heavy atom. The van der Waals surface area contributed by atoms with Gasteiger partial charge in [0.15, 0.2) is 5.75 Å². The fourth-order valence-electron chi connectivity index (χ4n) is 1.67. The molecule has 124 valence electrons. The van der Waals surface area contributed by atoms with Crippen LogP contribution in [0.3, 0.4) is 0 Å². The van der Waals surface area contributed by atoms with Gasteiger partial charge in [0.2, 0.25) is 10.0 Å². The van der Waals surface area contributed by atoms with Crippen molar-refractivity contribution >= 4 is 21.7 Å². The number of methoxy groups -OCH3 is 1. The summed E-state index contributed by atoms with van der Waals surface area (Å²) >= 11 is 0. The molecule has 1 rings (SSSR count). The van der Waals surface area contributed by atoms with Gasteiger partial charge in [-0.25, -0.2) is 8.42 Å². The first-order valence-corrected chi connectivity index (χ1v) is 8.47. The summed E-state index contributed by atoms with van der Waals surface area (Å²) in [5.74, 6) is -1.58. The van der Waals surface area contributed by atoms with Gasteiger partial charge in [0, 0.05) is 18.3 Å². The highest BCUT2D eigenvalue weighted by Crippen LogP contribution is 2.17. The number of benzene rings is 1. The van der Waals surface area contributed by atoms with E-state index in [0.29, 0.717) is 17.8 Å². The zero-order valence-corrected chi connectivity index (χ0v) is 13.7. The van der Waals surface area contributed by atoms with Crippen LogP contribution in [0.5, 0.6) is 0 Å². The summed E-state index contributed by atoms with van der Waals surface area (Å²) in [5, 5.41) is 13.1. The number of carbonyl (C=O) groups excluding carboxylic acids is 1. The summed E-state index contributed by atoms with van der Waals surface area (Å²) in [7, 11) is -2.68. The lowest BCUT2D eigenvalue weighted by Gasteiger charge is -2.15. The number of anilines is 1. The monoisotopic (exact) mass is 330 g/mol. The summed E-state index contributed by atoms with van der Waals surface area (Å²) in [5.41, 5.74) is 0.987. The van der Waals surface area contributed by atoms with E-state index in [1.807, 2.05) is 13.8 Å². The second-order valence-corrected chi connectivity index (χ2v) is 6.86. The van der Waals surface area contributed by atoms with Crippen molar-refractivity contribution in [1.82, 2.24) is 5.32 Å². The maximum atomic E-state index is 11.7. The largest absolute Gasteiger partial charge is 0.468 e. The minimum absolute atomic E-state index is 0.263. The molecule has 0 bridgehead atoms. The van der Waals surface area contributed by atoms with Crippen LogP contribution in [0, 0.1) is 0 Å². The maximum Gasteiger partial charge on any atom is 0.322 e. The first-order chi connectivity index (χ1) is 10.2. The molecule has 0 saturated heterocycles. The number of ether oxygens (including phenoxy) is 1. The van der Waals surface area contributed by atoms with Crippen LogP contribution in [0.25, 0.3) is 0 Å². The zero-order chi connectivity index (χ0) is 16.8. The van der Waals surface area contributed by atoms with Gasteiger partial charge in [-0.2, -0.15) is 0 Å². The summed E-state index contributed by atoms with van der Waals surface area (Å²) < 4.78 is 30.0. The predicted octanol–water partition coefficient (Wildman–Crippen LogP) is 0.633. The van der Waals surface area contributed by atoms with Gasteiger partial charge in [-0.3, -0.25) is 9.52 Å². The lowest BCUT2D eigenvalue weighted by Crippen LogP contribution is -2.27. The Hall–Kier alpha value is -1.64. The van der Waals surface area contributed by atoms with Crippen molar-refractivity contribution in [1.29, 1.82) is 0 Å². The third-order valence-corrected chi connectivity index (χ3v) is 3.99. The summed E-state index contributed by atoms with van der Waals surface area (Å²) in [4.78, 5) is 11.0. The minimum Gasteiger partial charge on any atom is -0.468 e. The first kappa shape index (κ1) is 18.4. The molecule has 8 heteroatoms. The summed E-state index contributed by atoms with van der Waals surface area (Å²) in [6, 6.07) is 6.58. The van der Waals surface area contributed by atoms with Crippen LogP contribution in [-0.4, -0.2) is 44.9 Å². The molecule has 7 nitrogen and oxygen atoms in total. The number of aliphatic hydroxyl groups is 1. The Balaban J connectivity index is 2.67. The molecule has 3 N–H and O–H groups in total. The van der Waals surface area contributed by atoms with Gasteiger partial charge in [-0.05, 0) is 17.7 Å². The van der Waals surface area contributed by atoms with E-state index in [-0.39, 0.29) is 6.04 Å². The summed E-state index contributed by atoms with van der Waals surface area (Å²) in [6.45, 7) is 4.36. The second kappa shape index (κ2) is 8.11. The van der Waals surface area contributed by atoms with E-state index in [9.17, 15) is 18.3 Å². The van der Waals surface area contributed by atoms with Gasteiger partial charge in [0.1, 0.15) is 0 Å². The number of aliphatic hydroxyl groups excluding tert-OH is 1. The Labute approximate surface area is 130 Å². The number of esters is 1. The first-order valence-electron chi connectivity index (χ1n) is 6.82. The molecule has 0 heterocycles. The zero-order valence-electron chi connectivity index (χ0n) is 12.9. The van der Waals surface area contributed by atoms with Crippen molar-refractivity contribution < 1.29 is 23.1 Å². The highest BCUT2D eigenvalue weighted by molar-refractivity contribution is 7.93. The van der Waals surface area contributed by atoms with Crippen molar-refractivity contribution in [2.24, 2.45) is 0 Å². The predicted molar refractivity (Wildman–Crippen MR) is 84.0 cm³/mol. The van der Waals surface area contributed by atoms with Crippen LogP contribution >= 0.6 is 0 Å². The molecule has 0 radical (unpaired) electrons. The molecule has 1 atom stereocenters. The molecule has 0 aliphatic heterocycles. The van der Waals surface area contributed by atoms with Crippen LogP contribution in [0.2, 0.25) is 0 Å². The molecule has 0 amide bonds. The van der Waals surface area contributed by atoms with Gasteiger partial charge in [-0.15, -0.1) is 0 Å². The van der Waals surface area contributed by atoms with Gasteiger partial charge < -0.3 is 15.2 Å². The van der Waals surface area contributed by atoms with Crippen LogP contribution in [0.15, 0.2) is 24.3 Å². The van der Waals surface area contributed by atoms with Crippen molar-refractivity contribution in [3.8, 4) is 0 Å². The highest BCUT2D eigenvalue weighted by Gasteiger charge is 2.17. The molecule has 0 aliphatic carbocycles. The standard InChI is InChI=1S/C14H22N2O5S/c1-10(2)15-8-13(17)11-4-6-12(7-5-11)16-22(19,20)9-14(18)21-3/h4-7,10,13,15-17H,8-9H2,1-3H3. The Bertz CT molecular complexity index is 584. The molecule has 1 aromatic carbocycles. The molecule has 0 fully saturated rings. The van der Waals surface area contributed by atoms with Crippen molar-refractivity contribution in [3.05, 3.63) is 29.8 Å². The Morgan fingerprint density at radius 2 is 1.86 bits per heavy atom. The average Bonchev–Trinajstić information content (AvgIpc) is 2.44. The number of carbonyl (C=O) groups is 1. The molecule has 1 aromatic rings. The maximum absolute atomic E-state index is 11.7. The molecule has 0 aliphatic rings. The smallest absolute Gasteiger partial charge is 0.322 e. The van der Waals surface area contributed by atoms with E-state index >= 15 is 0 Å². The van der Waals surface area contributed by atoms with Crippen molar-refractivity contribution in [2.45, 2.75) is 26.0 Å². The van der Waals surface area contributed by atoms with E-state index < -0.39 is 27.8 Å². The van der Waals surface area contributed by atoms with E-state index in [2.05, 4.69) is 14.8 Å². The quantitative estimate of drug-likeness (QED) is 0.604. The third-order valence-electron chi connectivity index (χ3n) is 2.82. The molecular weight excluding hydrogens is 308 g/mol. The third kappa shape index (κ3) is 6.42. The lowest BCUT2D eigenvalue weighted by molar-refractivity contribution is -0.137. The number of hydrogen-bond donors (Lipinski definition) is 3. The molecule has 0 saturated carbocycles. The summed E-state index contributed by atoms with van der Waals surface area (Å²) in [6.07, 6.45) is -0.678. The Morgan fingerprint density at radius 1 is 1.27 bits per heavy atom. The lowest BCUT2D eigenvalue weighted by atomic mass is 10.1. The molecule has 1 unspecified atom stereocenters. The molecule has 22 heavy (non-hydrogen) atoms. The number of rotatable bonds is 8. The van der Waals surface area contributed by atoms with Crippen LogP contribution in [0.1, 0.15) is 25.5 Å². The van der Waals surface area contributed by atoms with Crippen LogP contribution in [0.4, 0.5) is 5.69 Å². The number of nitrogens with one attached hydrogen (secondary N) is 2. The van der Waals surface area contributed by atoms with Crippen molar-refractivity contribution in [3.63, 3.8) is 0 Å². The van der Waals surface area contributed by atoms with E-state index in [1.165, 1.54) is 12.1 Å².